The third kappa shape index (κ3) is 4.16. The third-order valence-corrected chi connectivity index (χ3v) is 11.6. The van der Waals surface area contributed by atoms with Gasteiger partial charge in [-0.15, -0.1) is 34.0 Å². The molecule has 0 fully saturated rings. The summed E-state index contributed by atoms with van der Waals surface area (Å²) in [6, 6.07) is 31.1. The molecule has 4 nitrogen and oxygen atoms in total. The minimum absolute atomic E-state index is 0.0705. The van der Waals surface area contributed by atoms with Gasteiger partial charge in [0, 0.05) is 37.5 Å². The smallest absolute Gasteiger partial charge is 0.223 e. The molecular formula is C30H18N2O2S4. The predicted octanol–water partition coefficient (Wildman–Crippen LogP) is 8.80. The van der Waals surface area contributed by atoms with E-state index in [0.29, 0.717) is 0 Å². The minimum atomic E-state index is -3.66. The summed E-state index contributed by atoms with van der Waals surface area (Å²) in [5.74, 6) is 0. The molecule has 0 bridgehead atoms. The normalized spacial score (nSPS) is 11.9. The number of thiophene rings is 3. The van der Waals surface area contributed by atoms with Crippen molar-refractivity contribution in [2.45, 2.75) is 9.92 Å². The molecule has 0 atom stereocenters. The lowest BCUT2D eigenvalue weighted by atomic mass is 10.1. The monoisotopic (exact) mass is 566 g/mol. The topological polar surface area (TPSA) is 59.9 Å². The van der Waals surface area contributed by atoms with Crippen LogP contribution in [0.4, 0.5) is 0 Å². The number of hydrogen-bond donors (Lipinski definition) is 0. The van der Waals surface area contributed by atoms with E-state index in [0.717, 1.165) is 35.8 Å². The molecule has 0 unspecified atom stereocenters. The fourth-order valence-corrected chi connectivity index (χ4v) is 8.77. The van der Waals surface area contributed by atoms with E-state index in [1.54, 1.807) is 76.6 Å². The maximum Gasteiger partial charge on any atom is 0.223 e. The zero-order chi connectivity index (χ0) is 25.7. The summed E-state index contributed by atoms with van der Waals surface area (Å²) in [4.78, 5) is 13.9. The Kier molecular flexibility index (Phi) is 5.70. The summed E-state index contributed by atoms with van der Waals surface area (Å²) < 4.78 is 28.2. The summed E-state index contributed by atoms with van der Waals surface area (Å²) >= 11 is 5.11. The van der Waals surface area contributed by atoms with Crippen molar-refractivity contribution < 1.29 is 8.42 Å². The first-order valence-electron chi connectivity index (χ1n) is 11.8. The highest BCUT2D eigenvalue weighted by molar-refractivity contribution is 7.91. The number of aromatic nitrogens is 2. The molecule has 0 saturated carbocycles. The van der Waals surface area contributed by atoms with Gasteiger partial charge in [0.1, 0.15) is 0 Å². The van der Waals surface area contributed by atoms with Gasteiger partial charge < -0.3 is 0 Å². The average Bonchev–Trinajstić information content (AvgIpc) is 3.71. The highest BCUT2D eigenvalue weighted by Crippen LogP contribution is 2.43. The van der Waals surface area contributed by atoms with Gasteiger partial charge in [-0.25, -0.2) is 13.4 Å². The fourth-order valence-electron chi connectivity index (χ4n) is 4.35. The first kappa shape index (κ1) is 23.4. The van der Waals surface area contributed by atoms with E-state index < -0.39 is 9.84 Å². The van der Waals surface area contributed by atoms with Crippen molar-refractivity contribution in [2.75, 3.05) is 0 Å². The number of hydrogen-bond acceptors (Lipinski definition) is 7. The number of benzene rings is 2. The lowest BCUT2D eigenvalue weighted by Gasteiger charge is -2.03. The standard InChI is InChI=1S/C30H18N2O2S4/c33-38(34,22-9-5-2-6-10-22)30-16-21-15-27(37-29(21)18-32-30)25-12-11-24(35-25)26-14-20-13-23(31-17-28(20)36-26)19-7-3-1-4-8-19/h1-18H. The minimum Gasteiger partial charge on any atom is -0.255 e. The van der Waals surface area contributed by atoms with Gasteiger partial charge in [0.15, 0.2) is 5.03 Å². The molecule has 5 heterocycles. The zero-order valence-electron chi connectivity index (χ0n) is 19.7. The average molecular weight is 567 g/mol. The molecule has 5 aromatic heterocycles. The van der Waals surface area contributed by atoms with E-state index in [-0.39, 0.29) is 9.92 Å². The maximum absolute atomic E-state index is 13.0. The summed E-state index contributed by atoms with van der Waals surface area (Å²) in [6.07, 6.45) is 3.62. The summed E-state index contributed by atoms with van der Waals surface area (Å²) in [6.45, 7) is 0. The van der Waals surface area contributed by atoms with Crippen molar-refractivity contribution in [2.24, 2.45) is 0 Å². The largest absolute Gasteiger partial charge is 0.255 e. The second kappa shape index (κ2) is 9.25. The molecule has 0 N–H and O–H groups in total. The SMILES string of the molecule is O=S(=O)(c1ccccc1)c1cc2cc(-c3ccc(-c4cc5cc(-c6ccccc6)ncc5s4)s3)sc2cn1. The van der Waals surface area contributed by atoms with Crippen molar-refractivity contribution in [1.82, 2.24) is 9.97 Å². The van der Waals surface area contributed by atoms with Crippen LogP contribution in [0.1, 0.15) is 0 Å². The Labute approximate surface area is 231 Å². The van der Waals surface area contributed by atoms with Crippen LogP contribution in [0.3, 0.4) is 0 Å². The first-order valence-corrected chi connectivity index (χ1v) is 15.7. The summed E-state index contributed by atoms with van der Waals surface area (Å²) in [5, 5.41) is 2.14. The van der Waals surface area contributed by atoms with E-state index in [1.165, 1.54) is 15.1 Å². The quantitative estimate of drug-likeness (QED) is 0.209. The van der Waals surface area contributed by atoms with Crippen LogP contribution >= 0.6 is 34.0 Å². The van der Waals surface area contributed by atoms with Crippen molar-refractivity contribution in [3.63, 3.8) is 0 Å². The van der Waals surface area contributed by atoms with Gasteiger partial charge in [-0.05, 0) is 59.3 Å². The van der Waals surface area contributed by atoms with Gasteiger partial charge in [0.05, 0.1) is 20.0 Å². The zero-order valence-corrected chi connectivity index (χ0v) is 23.0. The van der Waals surface area contributed by atoms with Crippen molar-refractivity contribution in [1.29, 1.82) is 0 Å². The molecule has 0 aliphatic carbocycles. The molecular weight excluding hydrogens is 549 g/mol. The van der Waals surface area contributed by atoms with Crippen LogP contribution in [0, 0.1) is 0 Å². The number of nitrogens with zero attached hydrogens (tertiary/aromatic N) is 2. The van der Waals surface area contributed by atoms with Crippen LogP contribution in [-0.2, 0) is 9.84 Å². The number of rotatable bonds is 5. The highest BCUT2D eigenvalue weighted by Gasteiger charge is 2.20. The predicted molar refractivity (Wildman–Crippen MR) is 159 cm³/mol. The molecule has 2 aromatic carbocycles. The van der Waals surface area contributed by atoms with Crippen LogP contribution in [0.2, 0.25) is 0 Å². The second-order valence-electron chi connectivity index (χ2n) is 8.74. The molecule has 8 heteroatoms. The van der Waals surface area contributed by atoms with Gasteiger partial charge >= 0.3 is 0 Å². The van der Waals surface area contributed by atoms with E-state index in [4.69, 9.17) is 0 Å². The Morgan fingerprint density at radius 3 is 1.79 bits per heavy atom. The Bertz CT molecular complexity index is 2040. The number of pyridine rings is 2. The molecule has 0 amide bonds. The highest BCUT2D eigenvalue weighted by atomic mass is 32.2. The first-order chi connectivity index (χ1) is 18.5. The van der Waals surface area contributed by atoms with Gasteiger partial charge in [-0.1, -0.05) is 48.5 Å². The Morgan fingerprint density at radius 1 is 0.553 bits per heavy atom. The van der Waals surface area contributed by atoms with Crippen molar-refractivity contribution in [3.05, 3.63) is 109 Å². The number of fused-ring (bicyclic) bond motifs is 2. The number of sulfone groups is 1. The van der Waals surface area contributed by atoms with Crippen molar-refractivity contribution >= 4 is 64.0 Å². The molecule has 0 aliphatic rings. The van der Waals surface area contributed by atoms with E-state index in [9.17, 15) is 8.42 Å². The van der Waals surface area contributed by atoms with Crippen LogP contribution in [0.25, 0.3) is 50.9 Å². The Morgan fingerprint density at radius 2 is 1.13 bits per heavy atom. The molecule has 184 valence electrons. The molecule has 0 spiro atoms. The van der Waals surface area contributed by atoms with Gasteiger partial charge in [0.25, 0.3) is 0 Å². The Balaban J connectivity index is 1.21. The fraction of sp³-hybridized carbons (Fsp3) is 0. The molecule has 7 aromatic rings. The van der Waals surface area contributed by atoms with Crippen LogP contribution in [0.15, 0.2) is 119 Å². The maximum atomic E-state index is 13.0. The summed E-state index contributed by atoms with van der Waals surface area (Å²) in [5.41, 5.74) is 2.08. The van der Waals surface area contributed by atoms with E-state index in [1.807, 2.05) is 24.4 Å². The van der Waals surface area contributed by atoms with Gasteiger partial charge in [0.2, 0.25) is 9.84 Å². The molecule has 0 aliphatic heterocycles. The molecule has 7 rings (SSSR count). The molecule has 0 radical (unpaired) electrons. The van der Waals surface area contributed by atoms with E-state index in [2.05, 4.69) is 52.4 Å². The second-order valence-corrected chi connectivity index (χ2v) is 13.9. The van der Waals surface area contributed by atoms with Crippen molar-refractivity contribution in [3.8, 4) is 30.8 Å². The van der Waals surface area contributed by atoms with Gasteiger partial charge in [-0.3, -0.25) is 4.98 Å². The Hall–Kier alpha value is -3.69. The van der Waals surface area contributed by atoms with Crippen LogP contribution < -0.4 is 0 Å². The lowest BCUT2D eigenvalue weighted by molar-refractivity contribution is 0.592. The van der Waals surface area contributed by atoms with E-state index >= 15 is 0 Å². The molecule has 38 heavy (non-hydrogen) atoms. The van der Waals surface area contributed by atoms with Gasteiger partial charge in [-0.2, -0.15) is 0 Å². The van der Waals surface area contributed by atoms with Crippen LogP contribution in [0.5, 0.6) is 0 Å². The third-order valence-electron chi connectivity index (χ3n) is 6.27. The van der Waals surface area contributed by atoms with Crippen LogP contribution in [-0.4, -0.2) is 18.4 Å². The lowest BCUT2D eigenvalue weighted by Crippen LogP contribution is -2.03. The summed E-state index contributed by atoms with van der Waals surface area (Å²) in [7, 11) is -3.66. The molecule has 0 saturated heterocycles.